The second kappa shape index (κ2) is 5.36. The van der Waals surface area contributed by atoms with Crippen LogP contribution in [0.5, 0.6) is 0 Å². The van der Waals surface area contributed by atoms with Gasteiger partial charge in [0, 0.05) is 18.5 Å². The van der Waals surface area contributed by atoms with E-state index in [4.69, 9.17) is 5.11 Å². The molecule has 0 bridgehead atoms. The molecule has 0 aliphatic carbocycles. The van der Waals surface area contributed by atoms with E-state index in [1.807, 2.05) is 6.92 Å². The molecule has 1 aromatic carbocycles. The first-order valence-electron chi connectivity index (χ1n) is 6.31. The first-order valence-corrected chi connectivity index (χ1v) is 6.31. The summed E-state index contributed by atoms with van der Waals surface area (Å²) < 4.78 is 0. The lowest BCUT2D eigenvalue weighted by molar-refractivity contribution is 0.297. The molecule has 3 nitrogen and oxygen atoms in total. The lowest BCUT2D eigenvalue weighted by atomic mass is 10.0. The van der Waals surface area contributed by atoms with E-state index in [1.54, 1.807) is 0 Å². The third kappa shape index (κ3) is 2.79. The minimum atomic E-state index is 0.135. The molecule has 1 aromatic heterocycles. The van der Waals surface area contributed by atoms with E-state index in [2.05, 4.69) is 42.0 Å². The molecule has 0 aliphatic rings. The Morgan fingerprint density at radius 1 is 1.22 bits per heavy atom. The average molecular weight is 244 g/mol. The fraction of sp³-hybridized carbons (Fsp3) is 0.400. The van der Waals surface area contributed by atoms with Gasteiger partial charge < -0.3 is 10.1 Å². The predicted octanol–water partition coefficient (Wildman–Crippen LogP) is 2.46. The Morgan fingerprint density at radius 3 is 2.67 bits per heavy atom. The van der Waals surface area contributed by atoms with E-state index in [0.29, 0.717) is 6.42 Å². The van der Waals surface area contributed by atoms with Crippen molar-refractivity contribution in [2.45, 2.75) is 33.6 Å². The standard InChI is InChI=1S/C15H20N2O/c1-10-4-5-13(11(2)8-10)9-14-12(3)16-15(17-14)6-7-18/h4-5,8,18H,6-7,9H2,1-3H3,(H,16,17). The van der Waals surface area contributed by atoms with Gasteiger partial charge in [0.25, 0.3) is 0 Å². The average Bonchev–Trinajstić information content (AvgIpc) is 2.64. The normalized spacial score (nSPS) is 10.9. The summed E-state index contributed by atoms with van der Waals surface area (Å²) in [6, 6.07) is 6.51. The van der Waals surface area contributed by atoms with E-state index >= 15 is 0 Å². The number of aromatic amines is 1. The molecule has 2 N–H and O–H groups in total. The number of aromatic nitrogens is 2. The fourth-order valence-electron chi connectivity index (χ4n) is 2.18. The zero-order valence-corrected chi connectivity index (χ0v) is 11.2. The highest BCUT2D eigenvalue weighted by molar-refractivity contribution is 5.34. The predicted molar refractivity (Wildman–Crippen MR) is 72.8 cm³/mol. The van der Waals surface area contributed by atoms with Crippen LogP contribution in [0.3, 0.4) is 0 Å². The van der Waals surface area contributed by atoms with Crippen molar-refractivity contribution in [3.63, 3.8) is 0 Å². The van der Waals surface area contributed by atoms with Crippen molar-refractivity contribution in [2.75, 3.05) is 6.61 Å². The zero-order chi connectivity index (χ0) is 13.1. The lowest BCUT2D eigenvalue weighted by Crippen LogP contribution is -1.96. The highest BCUT2D eigenvalue weighted by Crippen LogP contribution is 2.16. The largest absolute Gasteiger partial charge is 0.396 e. The number of benzene rings is 1. The molecular weight excluding hydrogens is 224 g/mol. The summed E-state index contributed by atoms with van der Waals surface area (Å²) in [5.41, 5.74) is 6.08. The minimum Gasteiger partial charge on any atom is -0.396 e. The van der Waals surface area contributed by atoms with Gasteiger partial charge in [-0.3, -0.25) is 0 Å². The fourth-order valence-corrected chi connectivity index (χ4v) is 2.18. The summed E-state index contributed by atoms with van der Waals surface area (Å²) in [4.78, 5) is 7.77. The van der Waals surface area contributed by atoms with Crippen LogP contribution in [0, 0.1) is 20.8 Å². The van der Waals surface area contributed by atoms with E-state index < -0.39 is 0 Å². The zero-order valence-electron chi connectivity index (χ0n) is 11.2. The number of hydrogen-bond donors (Lipinski definition) is 2. The van der Waals surface area contributed by atoms with Crippen molar-refractivity contribution >= 4 is 0 Å². The van der Waals surface area contributed by atoms with Crippen LogP contribution in [-0.2, 0) is 12.8 Å². The summed E-state index contributed by atoms with van der Waals surface area (Å²) in [7, 11) is 0. The van der Waals surface area contributed by atoms with Crippen LogP contribution in [0.4, 0.5) is 0 Å². The molecule has 0 aliphatic heterocycles. The number of aliphatic hydroxyl groups is 1. The molecule has 96 valence electrons. The molecule has 2 aromatic rings. The van der Waals surface area contributed by atoms with Crippen molar-refractivity contribution in [3.8, 4) is 0 Å². The number of nitrogens with one attached hydrogen (secondary N) is 1. The Hall–Kier alpha value is -1.61. The maximum absolute atomic E-state index is 8.92. The van der Waals surface area contributed by atoms with Crippen LogP contribution in [0.25, 0.3) is 0 Å². The number of nitrogens with zero attached hydrogens (tertiary/aromatic N) is 1. The minimum absolute atomic E-state index is 0.135. The van der Waals surface area contributed by atoms with Crippen LogP contribution in [-0.4, -0.2) is 21.7 Å². The Kier molecular flexibility index (Phi) is 3.82. The molecule has 0 unspecified atom stereocenters. The smallest absolute Gasteiger partial charge is 0.108 e. The van der Waals surface area contributed by atoms with E-state index in [-0.39, 0.29) is 6.61 Å². The van der Waals surface area contributed by atoms with E-state index in [0.717, 1.165) is 23.6 Å². The van der Waals surface area contributed by atoms with Gasteiger partial charge in [0.1, 0.15) is 5.82 Å². The second-order valence-electron chi connectivity index (χ2n) is 4.84. The summed E-state index contributed by atoms with van der Waals surface area (Å²) in [6.45, 7) is 6.41. The molecule has 0 amide bonds. The first kappa shape index (κ1) is 12.8. The molecule has 0 saturated carbocycles. The van der Waals surface area contributed by atoms with Crippen LogP contribution < -0.4 is 0 Å². The Labute approximate surface area is 108 Å². The van der Waals surface area contributed by atoms with Gasteiger partial charge in [0.2, 0.25) is 0 Å². The Balaban J connectivity index is 2.22. The number of aryl methyl sites for hydroxylation is 3. The number of aliphatic hydroxyl groups excluding tert-OH is 1. The second-order valence-corrected chi connectivity index (χ2v) is 4.84. The molecular formula is C15H20N2O. The summed E-state index contributed by atoms with van der Waals surface area (Å²) >= 11 is 0. The van der Waals surface area contributed by atoms with Gasteiger partial charge >= 0.3 is 0 Å². The molecule has 18 heavy (non-hydrogen) atoms. The van der Waals surface area contributed by atoms with Crippen molar-refractivity contribution in [2.24, 2.45) is 0 Å². The molecule has 3 heteroatoms. The van der Waals surface area contributed by atoms with Crippen LogP contribution >= 0.6 is 0 Å². The van der Waals surface area contributed by atoms with Crippen LogP contribution in [0.1, 0.15) is 33.9 Å². The van der Waals surface area contributed by atoms with Gasteiger partial charge in [0.15, 0.2) is 0 Å². The quantitative estimate of drug-likeness (QED) is 0.868. The van der Waals surface area contributed by atoms with Crippen LogP contribution in [0.15, 0.2) is 18.2 Å². The summed E-state index contributed by atoms with van der Waals surface area (Å²) in [6.07, 6.45) is 1.44. The van der Waals surface area contributed by atoms with Crippen molar-refractivity contribution < 1.29 is 5.11 Å². The van der Waals surface area contributed by atoms with Gasteiger partial charge in [-0.15, -0.1) is 0 Å². The van der Waals surface area contributed by atoms with Crippen molar-refractivity contribution in [3.05, 3.63) is 52.1 Å². The molecule has 2 rings (SSSR count). The number of H-pyrrole nitrogens is 1. The summed E-state index contributed by atoms with van der Waals surface area (Å²) in [5, 5.41) is 8.92. The molecule has 0 fully saturated rings. The van der Waals surface area contributed by atoms with Gasteiger partial charge in [-0.05, 0) is 31.9 Å². The van der Waals surface area contributed by atoms with Crippen molar-refractivity contribution in [1.82, 2.24) is 9.97 Å². The molecule has 0 atom stereocenters. The van der Waals surface area contributed by atoms with E-state index in [1.165, 1.54) is 16.7 Å². The van der Waals surface area contributed by atoms with E-state index in [9.17, 15) is 0 Å². The van der Waals surface area contributed by atoms with Gasteiger partial charge in [-0.2, -0.15) is 0 Å². The highest BCUT2D eigenvalue weighted by atomic mass is 16.3. The van der Waals surface area contributed by atoms with Gasteiger partial charge in [-0.25, -0.2) is 4.98 Å². The Bertz CT molecular complexity index is 543. The number of rotatable bonds is 4. The monoisotopic (exact) mass is 244 g/mol. The third-order valence-corrected chi connectivity index (χ3v) is 3.24. The maximum atomic E-state index is 8.92. The number of hydrogen-bond acceptors (Lipinski definition) is 2. The number of imidazole rings is 1. The SMILES string of the molecule is Cc1ccc(Cc2nc(CCO)[nH]c2C)c(C)c1. The maximum Gasteiger partial charge on any atom is 0.108 e. The van der Waals surface area contributed by atoms with Crippen molar-refractivity contribution in [1.29, 1.82) is 0 Å². The molecule has 0 saturated heterocycles. The third-order valence-electron chi connectivity index (χ3n) is 3.24. The van der Waals surface area contributed by atoms with Crippen LogP contribution in [0.2, 0.25) is 0 Å². The molecule has 1 heterocycles. The van der Waals surface area contributed by atoms with Gasteiger partial charge in [0.05, 0.1) is 12.3 Å². The summed E-state index contributed by atoms with van der Waals surface area (Å²) in [5.74, 6) is 0.870. The van der Waals surface area contributed by atoms with Gasteiger partial charge in [-0.1, -0.05) is 23.8 Å². The lowest BCUT2D eigenvalue weighted by Gasteiger charge is -2.05. The topological polar surface area (TPSA) is 48.9 Å². The molecule has 0 spiro atoms. The molecule has 0 radical (unpaired) electrons. The first-order chi connectivity index (χ1) is 8.60. The Morgan fingerprint density at radius 2 is 2.00 bits per heavy atom. The highest BCUT2D eigenvalue weighted by Gasteiger charge is 2.08.